The van der Waals surface area contributed by atoms with E-state index < -0.39 is 5.97 Å². The number of carbonyl (C=O) groups excluding carboxylic acids is 1. The number of nitrogens with zero attached hydrogens (tertiary/aromatic N) is 1. The summed E-state index contributed by atoms with van der Waals surface area (Å²) in [5.41, 5.74) is 5.22. The van der Waals surface area contributed by atoms with Gasteiger partial charge in [-0.1, -0.05) is 19.1 Å². The number of aliphatic imine (C=N–C) groups is 1. The number of nitrogens with one attached hydrogen (secondary N) is 2. The lowest BCUT2D eigenvalue weighted by Crippen LogP contribution is -2.23. The van der Waals surface area contributed by atoms with E-state index in [0.717, 1.165) is 11.1 Å². The van der Waals surface area contributed by atoms with E-state index in [1.54, 1.807) is 36.5 Å². The molecule has 2 aromatic rings. The Bertz CT molecular complexity index is 1240. The highest BCUT2D eigenvalue weighted by molar-refractivity contribution is 5.99. The summed E-state index contributed by atoms with van der Waals surface area (Å²) >= 11 is 0. The summed E-state index contributed by atoms with van der Waals surface area (Å²) in [7, 11) is 0. The summed E-state index contributed by atoms with van der Waals surface area (Å²) in [6.45, 7) is 1.98. The molecule has 0 radical (unpaired) electrons. The van der Waals surface area contributed by atoms with E-state index in [0.29, 0.717) is 42.7 Å². The van der Waals surface area contributed by atoms with Crippen LogP contribution >= 0.6 is 0 Å². The molecule has 0 spiro atoms. The van der Waals surface area contributed by atoms with Gasteiger partial charge in [0, 0.05) is 24.7 Å². The minimum absolute atomic E-state index is 0.0919. The van der Waals surface area contributed by atoms with Gasteiger partial charge < -0.3 is 15.3 Å². The fourth-order valence-corrected chi connectivity index (χ4v) is 3.68. The average molecular weight is 524 g/mol. The second-order valence-corrected chi connectivity index (χ2v) is 8.57. The largest absolute Gasteiger partial charge is 0.481 e. The third-order valence-corrected chi connectivity index (χ3v) is 5.63. The lowest BCUT2D eigenvalue weighted by atomic mass is 10.0. The predicted molar refractivity (Wildman–Crippen MR) is 143 cm³/mol. The maximum Gasteiger partial charge on any atom is 0.303 e. The van der Waals surface area contributed by atoms with Crippen LogP contribution in [0.25, 0.3) is 5.76 Å². The summed E-state index contributed by atoms with van der Waals surface area (Å²) in [6.07, 6.45) is 10.2. The highest BCUT2D eigenvalue weighted by Crippen LogP contribution is 2.31. The molecular formula is C29H31F2N3O4. The number of hydrogen-bond donors (Lipinski definition) is 3. The van der Waals surface area contributed by atoms with E-state index in [1.165, 1.54) is 30.4 Å². The van der Waals surface area contributed by atoms with Crippen molar-refractivity contribution in [2.75, 3.05) is 6.54 Å². The number of halogens is 2. The fraction of sp³-hybridized carbons (Fsp3) is 0.276. The van der Waals surface area contributed by atoms with Crippen LogP contribution in [-0.2, 0) is 9.63 Å². The van der Waals surface area contributed by atoms with E-state index >= 15 is 0 Å². The second kappa shape index (κ2) is 14.6. The third kappa shape index (κ3) is 8.77. The summed E-state index contributed by atoms with van der Waals surface area (Å²) in [4.78, 5) is 33.6. The van der Waals surface area contributed by atoms with Crippen molar-refractivity contribution in [3.63, 3.8) is 0 Å². The number of hydrogen-bond acceptors (Lipinski definition) is 5. The number of rotatable bonds is 13. The molecule has 1 heterocycles. The van der Waals surface area contributed by atoms with Crippen LogP contribution in [0.5, 0.6) is 0 Å². The number of carboxylic acids is 1. The number of aliphatic carboxylic acids is 1. The maximum absolute atomic E-state index is 13.5. The lowest BCUT2D eigenvalue weighted by molar-refractivity contribution is -0.137. The molecule has 0 saturated heterocycles. The van der Waals surface area contributed by atoms with Crippen molar-refractivity contribution in [1.82, 2.24) is 10.8 Å². The van der Waals surface area contributed by atoms with E-state index in [9.17, 15) is 18.4 Å². The molecular weight excluding hydrogens is 492 g/mol. The van der Waals surface area contributed by atoms with Gasteiger partial charge in [-0.2, -0.15) is 0 Å². The molecule has 0 fully saturated rings. The van der Waals surface area contributed by atoms with Gasteiger partial charge in [-0.05, 0) is 85.9 Å². The molecule has 0 aliphatic carbocycles. The highest BCUT2D eigenvalue weighted by Gasteiger charge is 2.22. The highest BCUT2D eigenvalue weighted by atomic mass is 19.1. The average Bonchev–Trinajstić information content (AvgIpc) is 3.39. The quantitative estimate of drug-likeness (QED) is 0.162. The Kier molecular flexibility index (Phi) is 10.9. The van der Waals surface area contributed by atoms with Gasteiger partial charge in [0.2, 0.25) is 0 Å². The van der Waals surface area contributed by atoms with E-state index in [1.807, 2.05) is 13.0 Å². The normalized spacial score (nSPS) is 15.6. The van der Waals surface area contributed by atoms with E-state index in [-0.39, 0.29) is 36.6 Å². The predicted octanol–water partition coefficient (Wildman–Crippen LogP) is 6.34. The molecule has 0 saturated carbocycles. The van der Waals surface area contributed by atoms with Crippen LogP contribution < -0.4 is 10.8 Å². The molecule has 1 unspecified atom stereocenters. The molecule has 9 heteroatoms. The molecule has 7 nitrogen and oxygen atoms in total. The molecule has 0 aromatic heterocycles. The van der Waals surface area contributed by atoms with Gasteiger partial charge in [0.05, 0.1) is 17.3 Å². The fourth-order valence-electron chi connectivity index (χ4n) is 3.68. The van der Waals surface area contributed by atoms with Gasteiger partial charge in [0.1, 0.15) is 11.6 Å². The van der Waals surface area contributed by atoms with Crippen molar-refractivity contribution in [2.45, 2.75) is 45.1 Å². The molecule has 3 N–H and O–H groups in total. The van der Waals surface area contributed by atoms with Crippen molar-refractivity contribution in [3.8, 4) is 0 Å². The first kappa shape index (κ1) is 28.5. The molecule has 2 aromatic carbocycles. The monoisotopic (exact) mass is 523 g/mol. The lowest BCUT2D eigenvalue weighted by Gasteiger charge is -2.12. The van der Waals surface area contributed by atoms with Crippen molar-refractivity contribution in [2.24, 2.45) is 4.99 Å². The maximum atomic E-state index is 13.5. The van der Waals surface area contributed by atoms with Crippen molar-refractivity contribution in [1.29, 1.82) is 0 Å². The second-order valence-electron chi connectivity index (χ2n) is 8.57. The van der Waals surface area contributed by atoms with Crippen molar-refractivity contribution in [3.05, 3.63) is 95.1 Å². The van der Waals surface area contributed by atoms with E-state index in [4.69, 9.17) is 9.94 Å². The summed E-state index contributed by atoms with van der Waals surface area (Å²) in [5.74, 6) is -1.35. The topological polar surface area (TPSA) is 100 Å². The van der Waals surface area contributed by atoms with Gasteiger partial charge >= 0.3 is 5.97 Å². The SMILES string of the molecule is CC/C=C(F)\C=C/CNC(=O)c1ccc(C2C=C(c3ccc(F)cc3)ON2)cc1N=CCCCCC(=O)O. The standard InChI is InChI=1S/C29H31F2N3O4/c1-2-7-22(30)8-6-17-33-29(37)24-15-12-21(18-26(24)32-16-5-3-4-9-28(35)36)25-19-27(38-34-25)20-10-13-23(31)14-11-20/h6-8,10-16,18-19,25,34H,2-5,9,17H2,1H3,(H,33,37)(H,35,36)/b8-6-,22-7+,32-16?. The Morgan fingerprint density at radius 1 is 1.18 bits per heavy atom. The number of carboxylic acid groups (broad SMARTS) is 1. The zero-order valence-electron chi connectivity index (χ0n) is 21.1. The number of carbonyl (C=O) groups is 2. The first-order chi connectivity index (χ1) is 18.4. The molecule has 200 valence electrons. The Labute approximate surface area is 220 Å². The van der Waals surface area contributed by atoms with Gasteiger partial charge in [-0.15, -0.1) is 5.48 Å². The summed E-state index contributed by atoms with van der Waals surface area (Å²) in [6, 6.07) is 10.8. The van der Waals surface area contributed by atoms with Crippen LogP contribution in [0, 0.1) is 5.82 Å². The Hall–Kier alpha value is -4.11. The third-order valence-electron chi connectivity index (χ3n) is 5.63. The molecule has 3 rings (SSSR count). The Morgan fingerprint density at radius 3 is 2.71 bits per heavy atom. The minimum atomic E-state index is -0.841. The Morgan fingerprint density at radius 2 is 1.97 bits per heavy atom. The summed E-state index contributed by atoms with van der Waals surface area (Å²) in [5, 5.41) is 11.5. The molecule has 1 aliphatic rings. The van der Waals surface area contributed by atoms with Crippen LogP contribution in [-0.4, -0.2) is 29.7 Å². The van der Waals surface area contributed by atoms with Gasteiger partial charge in [0.15, 0.2) is 5.76 Å². The number of allylic oxidation sites excluding steroid dienone is 3. The molecule has 38 heavy (non-hydrogen) atoms. The number of amides is 1. The zero-order valence-corrected chi connectivity index (χ0v) is 21.1. The van der Waals surface area contributed by atoms with Gasteiger partial charge in [-0.3, -0.25) is 14.6 Å². The minimum Gasteiger partial charge on any atom is -0.481 e. The van der Waals surface area contributed by atoms with Crippen LogP contribution in [0.3, 0.4) is 0 Å². The van der Waals surface area contributed by atoms with Crippen LogP contribution in [0.4, 0.5) is 14.5 Å². The van der Waals surface area contributed by atoms with Crippen molar-refractivity contribution >= 4 is 29.5 Å². The van der Waals surface area contributed by atoms with Crippen molar-refractivity contribution < 1.29 is 28.3 Å². The molecule has 0 bridgehead atoms. The smallest absolute Gasteiger partial charge is 0.303 e. The van der Waals surface area contributed by atoms with Crippen LogP contribution in [0.2, 0.25) is 0 Å². The van der Waals surface area contributed by atoms with Gasteiger partial charge in [0.25, 0.3) is 5.91 Å². The summed E-state index contributed by atoms with van der Waals surface area (Å²) < 4.78 is 26.8. The first-order valence-corrected chi connectivity index (χ1v) is 12.5. The first-order valence-electron chi connectivity index (χ1n) is 12.5. The van der Waals surface area contributed by atoms with Gasteiger partial charge in [-0.25, -0.2) is 8.78 Å². The molecule has 1 aliphatic heterocycles. The molecule has 1 amide bonds. The number of benzene rings is 2. The number of unbranched alkanes of at least 4 members (excludes halogenated alkanes) is 2. The van der Waals surface area contributed by atoms with Crippen LogP contribution in [0.15, 0.2) is 77.6 Å². The molecule has 1 atom stereocenters. The number of hydroxylamine groups is 1. The zero-order chi connectivity index (χ0) is 27.3. The van der Waals surface area contributed by atoms with E-state index in [2.05, 4.69) is 15.8 Å². The van der Waals surface area contributed by atoms with Crippen LogP contribution in [0.1, 0.15) is 66.6 Å². The Balaban J connectivity index is 1.76.